The van der Waals surface area contributed by atoms with Gasteiger partial charge in [0.15, 0.2) is 5.60 Å². The minimum Gasteiger partial charge on any atom is -0.372 e. The quantitative estimate of drug-likeness (QED) is 0.704. The summed E-state index contributed by atoms with van der Waals surface area (Å²) >= 11 is 3.46. The number of aromatic amines is 1. The van der Waals surface area contributed by atoms with Crippen LogP contribution in [0.1, 0.15) is 23.7 Å². The fourth-order valence-electron chi connectivity index (χ4n) is 3.75. The normalized spacial score (nSPS) is 20.0. The number of hydrogen-bond donors (Lipinski definition) is 2. The Balaban J connectivity index is 2.08. The molecule has 0 fully saturated rings. The lowest BCUT2D eigenvalue weighted by Gasteiger charge is -2.23. The van der Waals surface area contributed by atoms with E-state index in [1.807, 2.05) is 56.3 Å². The highest BCUT2D eigenvalue weighted by Crippen LogP contribution is 2.48. The van der Waals surface area contributed by atoms with Gasteiger partial charge in [0, 0.05) is 38.7 Å². The number of H-pyrrole nitrogens is 1. The summed E-state index contributed by atoms with van der Waals surface area (Å²) in [6, 6.07) is 13.3. The van der Waals surface area contributed by atoms with Crippen LogP contribution in [-0.2, 0) is 10.4 Å². The molecule has 4 nitrogen and oxygen atoms in total. The molecule has 2 N–H and O–H groups in total. The third-order valence-electron chi connectivity index (χ3n) is 4.77. The van der Waals surface area contributed by atoms with Gasteiger partial charge in [0.25, 0.3) is 5.91 Å². The summed E-state index contributed by atoms with van der Waals surface area (Å²) in [5.74, 6) is -0.300. The average molecular weight is 385 g/mol. The zero-order valence-corrected chi connectivity index (χ0v) is 15.0. The number of aromatic nitrogens is 1. The molecule has 3 aromatic rings. The Bertz CT molecular complexity index is 979. The van der Waals surface area contributed by atoms with Gasteiger partial charge < -0.3 is 15.0 Å². The van der Waals surface area contributed by atoms with Crippen molar-refractivity contribution in [1.29, 1.82) is 0 Å². The zero-order valence-electron chi connectivity index (χ0n) is 13.4. The summed E-state index contributed by atoms with van der Waals surface area (Å²) in [6.45, 7) is 4.32. The molecule has 0 saturated heterocycles. The predicted octanol–water partition coefficient (Wildman–Crippen LogP) is 3.84. The van der Waals surface area contributed by atoms with Crippen LogP contribution >= 0.6 is 15.9 Å². The highest BCUT2D eigenvalue weighted by Gasteiger charge is 2.52. The van der Waals surface area contributed by atoms with Crippen molar-refractivity contribution in [3.05, 3.63) is 63.8 Å². The summed E-state index contributed by atoms with van der Waals surface area (Å²) < 4.78 is 0.836. The summed E-state index contributed by atoms with van der Waals surface area (Å²) in [5.41, 5.74) is 2.06. The van der Waals surface area contributed by atoms with Crippen LogP contribution < -0.4 is 4.90 Å². The Hall–Kier alpha value is -2.11. The van der Waals surface area contributed by atoms with E-state index < -0.39 is 5.60 Å². The van der Waals surface area contributed by atoms with Crippen molar-refractivity contribution >= 4 is 38.4 Å². The smallest absolute Gasteiger partial charge is 0.268 e. The molecule has 2 aromatic carbocycles. The number of fused-ring (bicyclic) bond motifs is 2. The van der Waals surface area contributed by atoms with E-state index in [0.717, 1.165) is 26.8 Å². The highest BCUT2D eigenvalue weighted by atomic mass is 79.9. The van der Waals surface area contributed by atoms with Crippen molar-refractivity contribution in [1.82, 2.24) is 4.98 Å². The van der Waals surface area contributed by atoms with E-state index in [0.29, 0.717) is 17.7 Å². The number of aryl methyl sites for hydroxylation is 1. The van der Waals surface area contributed by atoms with Crippen LogP contribution in [0.2, 0.25) is 0 Å². The van der Waals surface area contributed by atoms with E-state index in [1.54, 1.807) is 4.90 Å². The van der Waals surface area contributed by atoms with Crippen LogP contribution in [0, 0.1) is 6.92 Å². The van der Waals surface area contributed by atoms with Crippen LogP contribution in [0.5, 0.6) is 0 Å². The van der Waals surface area contributed by atoms with Crippen molar-refractivity contribution < 1.29 is 9.90 Å². The van der Waals surface area contributed by atoms with E-state index in [4.69, 9.17) is 0 Å². The third kappa shape index (κ3) is 1.85. The molecule has 4 rings (SSSR count). The molecule has 1 amide bonds. The second kappa shape index (κ2) is 5.19. The fraction of sp³-hybridized carbons (Fsp3) is 0.211. The molecule has 1 aliphatic rings. The maximum atomic E-state index is 13.2. The van der Waals surface area contributed by atoms with Crippen molar-refractivity contribution in [3.63, 3.8) is 0 Å². The number of hydrogen-bond acceptors (Lipinski definition) is 2. The van der Waals surface area contributed by atoms with Gasteiger partial charge in [0.1, 0.15) is 0 Å². The predicted molar refractivity (Wildman–Crippen MR) is 98.2 cm³/mol. The largest absolute Gasteiger partial charge is 0.372 e. The number of nitrogens with zero attached hydrogens (tertiary/aromatic N) is 1. The number of aliphatic hydroxyl groups is 1. The number of amides is 1. The molecule has 24 heavy (non-hydrogen) atoms. The lowest BCUT2D eigenvalue weighted by atomic mass is 9.85. The number of rotatable bonds is 2. The molecule has 0 radical (unpaired) electrons. The average Bonchev–Trinajstić information content (AvgIpc) is 3.01. The summed E-state index contributed by atoms with van der Waals surface area (Å²) in [7, 11) is 0. The van der Waals surface area contributed by atoms with Gasteiger partial charge in [0.05, 0.1) is 5.69 Å². The summed E-state index contributed by atoms with van der Waals surface area (Å²) in [5, 5.41) is 12.5. The maximum Gasteiger partial charge on any atom is 0.268 e. The molecule has 1 aliphatic heterocycles. The molecule has 0 saturated carbocycles. The number of benzene rings is 2. The van der Waals surface area contributed by atoms with E-state index in [-0.39, 0.29) is 5.91 Å². The molecule has 122 valence electrons. The molecule has 5 heteroatoms. The zero-order chi connectivity index (χ0) is 17.1. The van der Waals surface area contributed by atoms with Crippen LogP contribution in [0.25, 0.3) is 10.9 Å². The first-order valence-corrected chi connectivity index (χ1v) is 8.70. The standard InChI is InChI=1S/C19H17BrN2O2/c1-3-22-16-9-8-12(20)10-14(16)19(24,18(22)23)17-11(2)21-15-7-5-4-6-13(15)17/h4-10,21,24H,3H2,1-2H3. The van der Waals surface area contributed by atoms with Crippen molar-refractivity contribution in [2.24, 2.45) is 0 Å². The third-order valence-corrected chi connectivity index (χ3v) is 5.26. The molecular weight excluding hydrogens is 368 g/mol. The van der Waals surface area contributed by atoms with Crippen LogP contribution in [0.3, 0.4) is 0 Å². The van der Waals surface area contributed by atoms with Gasteiger partial charge in [0.2, 0.25) is 0 Å². The topological polar surface area (TPSA) is 56.3 Å². The molecule has 1 aromatic heterocycles. The second-order valence-corrected chi connectivity index (χ2v) is 7.01. The van der Waals surface area contributed by atoms with Crippen LogP contribution in [-0.4, -0.2) is 22.5 Å². The summed E-state index contributed by atoms with van der Waals surface area (Å²) in [4.78, 5) is 18.1. The number of para-hydroxylation sites is 1. The minimum atomic E-state index is -1.68. The minimum absolute atomic E-state index is 0.300. The SMILES string of the molecule is CCN1C(=O)C(O)(c2c(C)[nH]c3ccccc23)c2cc(Br)ccc21. The lowest BCUT2D eigenvalue weighted by molar-refractivity contribution is -0.132. The monoisotopic (exact) mass is 384 g/mol. The van der Waals surface area contributed by atoms with E-state index in [9.17, 15) is 9.90 Å². The molecule has 1 unspecified atom stereocenters. The highest BCUT2D eigenvalue weighted by molar-refractivity contribution is 9.10. The van der Waals surface area contributed by atoms with E-state index in [1.165, 1.54) is 0 Å². The number of carbonyl (C=O) groups excluding carboxylic acids is 1. The molecule has 0 bridgehead atoms. The summed E-state index contributed by atoms with van der Waals surface area (Å²) in [6.07, 6.45) is 0. The Morgan fingerprint density at radius 2 is 2.00 bits per heavy atom. The number of likely N-dealkylation sites (N-methyl/N-ethyl adjacent to an activating group) is 1. The molecule has 1 atom stereocenters. The second-order valence-electron chi connectivity index (χ2n) is 6.09. The Labute approximate surface area is 148 Å². The number of anilines is 1. The van der Waals surface area contributed by atoms with Gasteiger partial charge in [-0.15, -0.1) is 0 Å². The maximum absolute atomic E-state index is 13.2. The first-order chi connectivity index (χ1) is 11.5. The van der Waals surface area contributed by atoms with Gasteiger partial charge in [-0.05, 0) is 38.1 Å². The Morgan fingerprint density at radius 3 is 2.75 bits per heavy atom. The number of nitrogens with one attached hydrogen (secondary N) is 1. The van der Waals surface area contributed by atoms with Crippen molar-refractivity contribution in [2.75, 3.05) is 11.4 Å². The lowest BCUT2D eigenvalue weighted by Crippen LogP contribution is -2.41. The first kappa shape index (κ1) is 15.4. The Kier molecular flexibility index (Phi) is 3.34. The van der Waals surface area contributed by atoms with Crippen LogP contribution in [0.4, 0.5) is 5.69 Å². The van der Waals surface area contributed by atoms with E-state index in [2.05, 4.69) is 20.9 Å². The molecular formula is C19H17BrN2O2. The van der Waals surface area contributed by atoms with Crippen molar-refractivity contribution in [2.45, 2.75) is 19.4 Å². The van der Waals surface area contributed by atoms with Gasteiger partial charge in [-0.1, -0.05) is 34.1 Å². The van der Waals surface area contributed by atoms with Crippen molar-refractivity contribution in [3.8, 4) is 0 Å². The molecule has 0 aliphatic carbocycles. The van der Waals surface area contributed by atoms with Crippen LogP contribution in [0.15, 0.2) is 46.9 Å². The Morgan fingerprint density at radius 1 is 1.25 bits per heavy atom. The van der Waals surface area contributed by atoms with Gasteiger partial charge >= 0.3 is 0 Å². The number of carbonyl (C=O) groups is 1. The molecule has 2 heterocycles. The molecule has 0 spiro atoms. The van der Waals surface area contributed by atoms with Gasteiger partial charge in [-0.2, -0.15) is 0 Å². The number of halogens is 1. The fourth-order valence-corrected chi connectivity index (χ4v) is 4.11. The van der Waals surface area contributed by atoms with Gasteiger partial charge in [-0.25, -0.2) is 0 Å². The van der Waals surface area contributed by atoms with Gasteiger partial charge in [-0.3, -0.25) is 4.79 Å². The van der Waals surface area contributed by atoms with E-state index >= 15 is 0 Å². The first-order valence-electron chi connectivity index (χ1n) is 7.90.